The van der Waals surface area contributed by atoms with Crippen LogP contribution in [0.25, 0.3) is 11.1 Å². The predicted molar refractivity (Wildman–Crippen MR) is 207 cm³/mol. The van der Waals surface area contributed by atoms with Crippen LogP contribution in [0.2, 0.25) is 0 Å². The summed E-state index contributed by atoms with van der Waals surface area (Å²) in [6.45, 7) is 2.26. The number of alkyl carbamates (subject to hydrolysis) is 1. The predicted octanol–water partition coefficient (Wildman–Crippen LogP) is 2.23. The first-order valence-electron chi connectivity index (χ1n) is 19.2. The summed E-state index contributed by atoms with van der Waals surface area (Å²) in [4.78, 5) is 82.3. The molecule has 2 heterocycles. The number of amides is 5. The van der Waals surface area contributed by atoms with Crippen molar-refractivity contribution in [2.45, 2.75) is 101 Å². The van der Waals surface area contributed by atoms with Gasteiger partial charge >= 0.3 is 12.1 Å². The molecule has 0 aromatic heterocycles. The first-order valence-corrected chi connectivity index (χ1v) is 19.2. The monoisotopic (exact) mass is 772 g/mol. The fourth-order valence-corrected chi connectivity index (χ4v) is 7.61. The number of nitrogens with one attached hydrogen (secondary N) is 6. The van der Waals surface area contributed by atoms with Crippen molar-refractivity contribution in [1.29, 1.82) is 5.41 Å². The number of carboxylic acids is 1. The number of hydrogen-bond donors (Lipinski definition) is 8. The number of guanidine groups is 1. The van der Waals surface area contributed by atoms with Crippen molar-refractivity contribution >= 4 is 41.7 Å². The number of nitrogens with zero attached hydrogens (tertiary/aromatic N) is 1. The molecular formula is C40H52N8O8. The molecule has 16 heteroatoms. The zero-order valence-corrected chi connectivity index (χ0v) is 31.6. The summed E-state index contributed by atoms with van der Waals surface area (Å²) in [5, 5.41) is 30.7. The molecule has 5 atom stereocenters. The Morgan fingerprint density at radius 1 is 0.911 bits per heavy atom. The van der Waals surface area contributed by atoms with E-state index < -0.39 is 65.9 Å². The standard InChI is InChI=1S/C40H52N8O8/c1-2-3-16-29-34(49)44-30(19-10-21-43-39(41)42)35(50)46-32(38(53)54)18-9-8-17-31(37(52)48-22-11-20-33(48)36(51)45-29)47-40(55)56-23-28-26-14-6-4-12-24(26)25-13-5-7-15-27(25)28/h2-7,12-15,28-33H,8-11,16-23H2,1H3,(H,44,49)(H,45,51)(H,46,50)(H,47,55)(H,53,54)(H4,41,42,43)/t29-,30-,31-,32-,33?/m0/s1. The van der Waals surface area contributed by atoms with Crippen LogP contribution in [0.5, 0.6) is 0 Å². The van der Waals surface area contributed by atoms with E-state index in [2.05, 4.69) is 26.6 Å². The zero-order chi connectivity index (χ0) is 40.2. The quantitative estimate of drug-likeness (QED) is 0.0758. The van der Waals surface area contributed by atoms with Crippen molar-refractivity contribution < 1.29 is 38.6 Å². The number of ether oxygens (including phenoxy) is 1. The molecule has 2 aromatic rings. The fourth-order valence-electron chi connectivity index (χ4n) is 7.61. The number of allylic oxidation sites excluding steroid dienone is 1. The molecule has 0 bridgehead atoms. The molecule has 2 aliphatic heterocycles. The van der Waals surface area contributed by atoms with Gasteiger partial charge in [-0.2, -0.15) is 0 Å². The van der Waals surface area contributed by atoms with E-state index in [1.165, 1.54) is 4.90 Å². The van der Waals surface area contributed by atoms with Gasteiger partial charge in [-0.15, -0.1) is 0 Å². The minimum absolute atomic E-state index is 0.00971. The largest absolute Gasteiger partial charge is 0.480 e. The second-order valence-corrected chi connectivity index (χ2v) is 14.3. The molecule has 300 valence electrons. The van der Waals surface area contributed by atoms with Crippen molar-refractivity contribution in [2.24, 2.45) is 5.73 Å². The van der Waals surface area contributed by atoms with E-state index in [1.54, 1.807) is 19.1 Å². The summed E-state index contributed by atoms with van der Waals surface area (Å²) in [6.07, 6.45) is 4.60. The van der Waals surface area contributed by atoms with Gasteiger partial charge in [0.05, 0.1) is 0 Å². The second kappa shape index (κ2) is 19.6. The molecule has 2 fully saturated rings. The lowest BCUT2D eigenvalue weighted by atomic mass is 9.98. The number of aliphatic carboxylic acids is 1. The normalized spacial score (nSPS) is 23.5. The second-order valence-electron chi connectivity index (χ2n) is 14.3. The highest BCUT2D eigenvalue weighted by molar-refractivity contribution is 5.96. The number of nitrogens with two attached hydrogens (primary N) is 1. The molecule has 3 aliphatic rings. The van der Waals surface area contributed by atoms with E-state index in [1.807, 2.05) is 48.5 Å². The van der Waals surface area contributed by atoms with Crippen LogP contribution in [-0.2, 0) is 28.7 Å². The highest BCUT2D eigenvalue weighted by Gasteiger charge is 2.40. The van der Waals surface area contributed by atoms with Crippen LogP contribution in [0.15, 0.2) is 60.7 Å². The molecule has 2 saturated heterocycles. The molecule has 1 unspecified atom stereocenters. The van der Waals surface area contributed by atoms with E-state index >= 15 is 0 Å². The molecule has 0 radical (unpaired) electrons. The van der Waals surface area contributed by atoms with Crippen LogP contribution < -0.4 is 32.3 Å². The lowest BCUT2D eigenvalue weighted by Gasteiger charge is -2.30. The number of fused-ring (bicyclic) bond motifs is 4. The summed E-state index contributed by atoms with van der Waals surface area (Å²) >= 11 is 0. The molecule has 5 amide bonds. The van der Waals surface area contributed by atoms with Crippen molar-refractivity contribution in [3.8, 4) is 11.1 Å². The summed E-state index contributed by atoms with van der Waals surface area (Å²) in [5.74, 6) is -4.17. The third-order valence-corrected chi connectivity index (χ3v) is 10.5. The van der Waals surface area contributed by atoms with Gasteiger partial charge in [0.1, 0.15) is 36.8 Å². The Hall–Kier alpha value is -5.93. The molecule has 0 spiro atoms. The van der Waals surface area contributed by atoms with Gasteiger partial charge in [-0.05, 0) is 74.1 Å². The maximum atomic E-state index is 14.2. The molecule has 5 rings (SSSR count). The number of benzene rings is 2. The maximum Gasteiger partial charge on any atom is 0.407 e. The first kappa shape index (κ1) is 41.2. The SMILES string of the molecule is CC=CC[C@@H]1NC(=O)C2CCCN2C(=O)[C@@H](NC(=O)OCC2c3ccccc3-c3ccccc32)CCCC[C@@H](C(=O)O)NC(=O)[C@H](CCCNC(=N)N)NC1=O. The van der Waals surface area contributed by atoms with Gasteiger partial charge in [0.2, 0.25) is 23.6 Å². The number of hydrogen-bond acceptors (Lipinski definition) is 8. The van der Waals surface area contributed by atoms with Crippen molar-refractivity contribution in [3.05, 3.63) is 71.8 Å². The summed E-state index contributed by atoms with van der Waals surface area (Å²) in [6, 6.07) is 10.2. The van der Waals surface area contributed by atoms with Gasteiger partial charge in [0.25, 0.3) is 0 Å². The van der Waals surface area contributed by atoms with E-state index in [0.29, 0.717) is 25.7 Å². The Kier molecular flexibility index (Phi) is 14.4. The Balaban J connectivity index is 1.35. The van der Waals surface area contributed by atoms with Gasteiger partial charge in [0.15, 0.2) is 5.96 Å². The van der Waals surface area contributed by atoms with Crippen LogP contribution in [0.3, 0.4) is 0 Å². The first-order chi connectivity index (χ1) is 27.0. The number of rotatable bonds is 10. The van der Waals surface area contributed by atoms with Gasteiger partial charge in [-0.25, -0.2) is 9.59 Å². The smallest absolute Gasteiger partial charge is 0.407 e. The molecular weight excluding hydrogens is 720 g/mol. The Bertz CT molecular complexity index is 1770. The lowest BCUT2D eigenvalue weighted by Crippen LogP contribution is -2.58. The summed E-state index contributed by atoms with van der Waals surface area (Å²) in [5.41, 5.74) is 9.57. The van der Waals surface area contributed by atoms with E-state index in [-0.39, 0.29) is 63.7 Å². The van der Waals surface area contributed by atoms with Crippen LogP contribution in [0.1, 0.15) is 81.8 Å². The molecule has 16 nitrogen and oxygen atoms in total. The molecule has 1 aliphatic carbocycles. The third-order valence-electron chi connectivity index (χ3n) is 10.5. The molecule has 56 heavy (non-hydrogen) atoms. The van der Waals surface area contributed by atoms with E-state index in [0.717, 1.165) is 22.3 Å². The van der Waals surface area contributed by atoms with Crippen LogP contribution in [0, 0.1) is 5.41 Å². The molecule has 2 aromatic carbocycles. The Morgan fingerprint density at radius 3 is 2.21 bits per heavy atom. The van der Waals surface area contributed by atoms with Gasteiger partial charge < -0.3 is 47.1 Å². The number of carboxylic acid groups (broad SMARTS) is 1. The van der Waals surface area contributed by atoms with Crippen LogP contribution in [-0.4, -0.2) is 102 Å². The van der Waals surface area contributed by atoms with E-state index in [4.69, 9.17) is 15.9 Å². The van der Waals surface area contributed by atoms with Crippen molar-refractivity contribution in [2.75, 3.05) is 19.7 Å². The number of carbonyl (C=O) groups excluding carboxylic acids is 5. The molecule has 9 N–H and O–H groups in total. The van der Waals surface area contributed by atoms with Crippen LogP contribution in [0.4, 0.5) is 4.79 Å². The van der Waals surface area contributed by atoms with Crippen LogP contribution >= 0.6 is 0 Å². The van der Waals surface area contributed by atoms with Gasteiger partial charge in [-0.1, -0.05) is 73.5 Å². The molecule has 0 saturated carbocycles. The summed E-state index contributed by atoms with van der Waals surface area (Å²) < 4.78 is 5.76. The minimum atomic E-state index is -1.31. The summed E-state index contributed by atoms with van der Waals surface area (Å²) in [7, 11) is 0. The maximum absolute atomic E-state index is 14.2. The van der Waals surface area contributed by atoms with Crippen molar-refractivity contribution in [1.82, 2.24) is 31.5 Å². The third kappa shape index (κ3) is 10.4. The highest BCUT2D eigenvalue weighted by atomic mass is 16.5. The fraction of sp³-hybridized carbons (Fsp3) is 0.475. The van der Waals surface area contributed by atoms with Gasteiger partial charge in [0, 0.05) is 19.0 Å². The topological polar surface area (TPSA) is 245 Å². The lowest BCUT2D eigenvalue weighted by molar-refractivity contribution is -0.142. The average molecular weight is 773 g/mol. The Labute approximate surface area is 325 Å². The highest BCUT2D eigenvalue weighted by Crippen LogP contribution is 2.44. The Morgan fingerprint density at radius 2 is 1.55 bits per heavy atom. The van der Waals surface area contributed by atoms with Crippen molar-refractivity contribution in [3.63, 3.8) is 0 Å². The zero-order valence-electron chi connectivity index (χ0n) is 31.6. The minimum Gasteiger partial charge on any atom is -0.480 e. The number of carbonyl (C=O) groups is 6. The average Bonchev–Trinajstić information content (AvgIpc) is 3.80. The van der Waals surface area contributed by atoms with E-state index in [9.17, 15) is 33.9 Å². The van der Waals surface area contributed by atoms with Gasteiger partial charge in [-0.3, -0.25) is 24.6 Å².